The maximum absolute atomic E-state index is 7.65. The molecule has 0 radical (unpaired) electrons. The van der Waals surface area contributed by atoms with E-state index in [0.717, 1.165) is 56.4 Å². The average Bonchev–Trinajstić information content (AvgIpc) is 3.35. The predicted molar refractivity (Wildman–Crippen MR) is 207 cm³/mol. The topological polar surface area (TPSA) is 27.7 Å². The van der Waals surface area contributed by atoms with Gasteiger partial charge in [0.05, 0.1) is 14.2 Å². The van der Waals surface area contributed by atoms with Gasteiger partial charge in [-0.3, -0.25) is 0 Å². The number of ether oxygens (including phenoxy) is 3. The van der Waals surface area contributed by atoms with Gasteiger partial charge in [-0.25, -0.2) is 0 Å². The number of hydrogen-bond donors (Lipinski definition) is 1. The van der Waals surface area contributed by atoms with Crippen LogP contribution >= 0.6 is 24.4 Å². The molecule has 1 aliphatic heterocycles. The molecule has 5 heteroatoms. The Labute approximate surface area is 300 Å². The first-order valence-corrected chi connectivity index (χ1v) is 18.8. The molecule has 3 aliphatic rings. The Kier molecular flexibility index (Phi) is 7.52. The zero-order valence-electron chi connectivity index (χ0n) is 29.4. The van der Waals surface area contributed by atoms with Crippen molar-refractivity contribution >= 4 is 41.2 Å². The van der Waals surface area contributed by atoms with Crippen LogP contribution in [-0.4, -0.2) is 20.5 Å². The van der Waals surface area contributed by atoms with E-state index < -0.39 is 5.60 Å². The van der Waals surface area contributed by atoms with Gasteiger partial charge in [0.25, 0.3) is 0 Å². The van der Waals surface area contributed by atoms with Crippen molar-refractivity contribution in [1.29, 1.82) is 0 Å². The number of thioether (sulfide) groups is 1. The quantitative estimate of drug-likeness (QED) is 0.147. The maximum atomic E-state index is 7.65. The lowest BCUT2D eigenvalue weighted by atomic mass is 9.52. The summed E-state index contributed by atoms with van der Waals surface area (Å²) in [6.07, 6.45) is 10.1. The monoisotopic (exact) mass is 684 g/mol. The highest BCUT2D eigenvalue weighted by atomic mass is 32.2. The van der Waals surface area contributed by atoms with Crippen LogP contribution in [0.25, 0.3) is 28.0 Å². The molecule has 0 aromatic heterocycles. The first-order chi connectivity index (χ1) is 23.4. The lowest BCUT2D eigenvalue weighted by molar-refractivity contribution is 0.0642. The highest BCUT2D eigenvalue weighted by molar-refractivity contribution is 7.99. The standard InChI is InChI=1S/C44H44O3S2/c1-41(2)24-42(3,4)26-43(25-41)35-11-9-8-10-31(35)38-33-22-36(48)37(49-7)23-34(33)40-32(39(38)43)20-21-44(47-40,27-12-16-29(45-5)17-13-27)28-14-18-30(46-6)19-15-28/h8-23,48H,24-26H2,1-7H3. The molecule has 0 atom stereocenters. The third kappa shape index (κ3) is 4.94. The molecule has 0 amide bonds. The smallest absolute Gasteiger partial charge is 0.178 e. The molecule has 0 saturated heterocycles. The van der Waals surface area contributed by atoms with Crippen molar-refractivity contribution in [2.24, 2.45) is 10.8 Å². The Hall–Kier alpha value is -3.80. The van der Waals surface area contributed by atoms with E-state index in [1.165, 1.54) is 39.6 Å². The number of hydrogen-bond acceptors (Lipinski definition) is 5. The van der Waals surface area contributed by atoms with Gasteiger partial charge in [0, 0.05) is 37.3 Å². The van der Waals surface area contributed by atoms with Crippen molar-refractivity contribution < 1.29 is 14.2 Å². The molecule has 0 unspecified atom stereocenters. The second-order valence-corrected chi connectivity index (χ2v) is 17.0. The van der Waals surface area contributed by atoms with E-state index >= 15 is 0 Å². The van der Waals surface area contributed by atoms with E-state index in [0.29, 0.717) is 0 Å². The van der Waals surface area contributed by atoms with Crippen LogP contribution in [0.1, 0.15) is 74.8 Å². The molecule has 5 aromatic rings. The summed E-state index contributed by atoms with van der Waals surface area (Å²) in [4.78, 5) is 2.13. The van der Waals surface area contributed by atoms with Gasteiger partial charge in [-0.1, -0.05) is 82.3 Å². The molecule has 3 nitrogen and oxygen atoms in total. The van der Waals surface area contributed by atoms with Crippen LogP contribution in [0.2, 0.25) is 0 Å². The number of methoxy groups -OCH3 is 2. The van der Waals surface area contributed by atoms with Crippen LogP contribution in [0.5, 0.6) is 17.2 Å². The Bertz CT molecular complexity index is 2080. The molecular weight excluding hydrogens is 641 g/mol. The van der Waals surface area contributed by atoms with Crippen molar-refractivity contribution in [3.05, 3.63) is 119 Å². The molecule has 250 valence electrons. The number of fused-ring (bicyclic) bond motifs is 10. The molecule has 49 heavy (non-hydrogen) atoms. The van der Waals surface area contributed by atoms with Crippen LogP contribution < -0.4 is 14.2 Å². The highest BCUT2D eigenvalue weighted by Gasteiger charge is 2.55. The zero-order chi connectivity index (χ0) is 34.3. The molecule has 2 aliphatic carbocycles. The molecule has 1 heterocycles. The summed E-state index contributed by atoms with van der Waals surface area (Å²) in [5.74, 6) is 2.55. The molecule has 5 aromatic carbocycles. The normalized spacial score (nSPS) is 18.8. The van der Waals surface area contributed by atoms with E-state index in [4.69, 9.17) is 26.8 Å². The van der Waals surface area contributed by atoms with Crippen LogP contribution in [0.4, 0.5) is 0 Å². The van der Waals surface area contributed by atoms with E-state index in [-0.39, 0.29) is 16.2 Å². The maximum Gasteiger partial charge on any atom is 0.178 e. The van der Waals surface area contributed by atoms with Gasteiger partial charge in [-0.2, -0.15) is 0 Å². The number of benzene rings is 5. The van der Waals surface area contributed by atoms with Crippen LogP contribution in [0.15, 0.2) is 101 Å². The minimum atomic E-state index is -0.879. The van der Waals surface area contributed by atoms with Gasteiger partial charge >= 0.3 is 0 Å². The molecule has 0 N–H and O–H groups in total. The first kappa shape index (κ1) is 32.4. The van der Waals surface area contributed by atoms with E-state index in [1.54, 1.807) is 26.0 Å². The van der Waals surface area contributed by atoms with E-state index in [1.807, 2.05) is 24.3 Å². The Morgan fingerprint density at radius 3 is 1.90 bits per heavy atom. The molecular formula is C44H44O3S2. The summed E-state index contributed by atoms with van der Waals surface area (Å²) in [7, 11) is 3.41. The zero-order valence-corrected chi connectivity index (χ0v) is 31.2. The van der Waals surface area contributed by atoms with Crippen LogP contribution in [0, 0.1) is 10.8 Å². The van der Waals surface area contributed by atoms with Gasteiger partial charge in [0.1, 0.15) is 17.2 Å². The SMILES string of the molecule is COc1ccc(C2(c3ccc(OC)cc3)C=Cc3c4c(c5cc(S)c(SC)cc5c3O2)-c2ccccc2C42CC(C)(C)CC(C)(C)C2)cc1. The van der Waals surface area contributed by atoms with E-state index in [9.17, 15) is 0 Å². The number of rotatable bonds is 5. The summed E-state index contributed by atoms with van der Waals surface area (Å²) in [5, 5.41) is 2.32. The van der Waals surface area contributed by atoms with Crippen molar-refractivity contribution in [3.8, 4) is 28.4 Å². The van der Waals surface area contributed by atoms with Gasteiger partial charge in [-0.05, 0) is 106 Å². The average molecular weight is 685 g/mol. The first-order valence-electron chi connectivity index (χ1n) is 17.1. The molecule has 1 fully saturated rings. The van der Waals surface area contributed by atoms with Gasteiger partial charge < -0.3 is 14.2 Å². The fraction of sp³-hybridized carbons (Fsp3) is 0.318. The Morgan fingerprint density at radius 2 is 1.33 bits per heavy atom. The molecule has 8 rings (SSSR count). The third-order valence-electron chi connectivity index (χ3n) is 11.1. The summed E-state index contributed by atoms with van der Waals surface area (Å²) < 4.78 is 18.8. The predicted octanol–water partition coefficient (Wildman–Crippen LogP) is 11.7. The van der Waals surface area contributed by atoms with E-state index in [2.05, 4.69) is 107 Å². The number of thiol groups is 1. The van der Waals surface area contributed by atoms with Crippen molar-refractivity contribution in [1.82, 2.24) is 0 Å². The lowest BCUT2D eigenvalue weighted by Crippen LogP contribution is -2.44. The highest BCUT2D eigenvalue weighted by Crippen LogP contribution is 2.67. The molecule has 0 bridgehead atoms. The van der Waals surface area contributed by atoms with Crippen molar-refractivity contribution in [2.45, 2.75) is 67.8 Å². The summed E-state index contributed by atoms with van der Waals surface area (Å²) in [6, 6.07) is 30.3. The van der Waals surface area contributed by atoms with Crippen molar-refractivity contribution in [3.63, 3.8) is 0 Å². The van der Waals surface area contributed by atoms with Crippen LogP contribution in [-0.2, 0) is 11.0 Å². The largest absolute Gasteiger partial charge is 0.497 e. The van der Waals surface area contributed by atoms with Crippen molar-refractivity contribution in [2.75, 3.05) is 20.5 Å². The van der Waals surface area contributed by atoms with Gasteiger partial charge in [0.2, 0.25) is 0 Å². The summed E-state index contributed by atoms with van der Waals surface area (Å²) in [6.45, 7) is 9.85. The minimum absolute atomic E-state index is 0.154. The fourth-order valence-electron chi connectivity index (χ4n) is 9.99. The van der Waals surface area contributed by atoms with Gasteiger partial charge in [0.15, 0.2) is 5.60 Å². The fourth-order valence-corrected chi connectivity index (χ4v) is 11.0. The third-order valence-corrected chi connectivity index (χ3v) is 12.4. The second kappa shape index (κ2) is 11.4. The lowest BCUT2D eigenvalue weighted by Gasteiger charge is -2.52. The molecule has 1 saturated carbocycles. The molecule has 1 spiro atoms. The van der Waals surface area contributed by atoms with Gasteiger partial charge in [-0.15, -0.1) is 24.4 Å². The minimum Gasteiger partial charge on any atom is -0.497 e. The van der Waals surface area contributed by atoms with Crippen LogP contribution in [0.3, 0.4) is 0 Å². The second-order valence-electron chi connectivity index (χ2n) is 15.7. The Balaban J connectivity index is 1.48. The summed E-state index contributed by atoms with van der Waals surface area (Å²) in [5.41, 5.74) is 8.09. The Morgan fingerprint density at radius 1 is 0.735 bits per heavy atom. The summed E-state index contributed by atoms with van der Waals surface area (Å²) >= 11 is 6.78.